The Labute approximate surface area is 182 Å². The van der Waals surface area contributed by atoms with Crippen LogP contribution in [0.4, 0.5) is 4.39 Å². The number of benzene rings is 1. The number of H-pyrrole nitrogens is 1. The van der Waals surface area contributed by atoms with E-state index in [0.29, 0.717) is 52.8 Å². The van der Waals surface area contributed by atoms with Crippen LogP contribution >= 0.6 is 11.6 Å². The molecule has 1 amide bonds. The molecule has 3 aromatic heterocycles. The van der Waals surface area contributed by atoms with E-state index in [2.05, 4.69) is 20.4 Å². The zero-order chi connectivity index (χ0) is 21.7. The molecule has 31 heavy (non-hydrogen) atoms. The van der Waals surface area contributed by atoms with Crippen LogP contribution in [0.25, 0.3) is 33.5 Å². The van der Waals surface area contributed by atoms with E-state index < -0.39 is 6.17 Å². The van der Waals surface area contributed by atoms with E-state index in [9.17, 15) is 9.18 Å². The fraction of sp³-hybridized carbons (Fsp3) is 0.333. The molecule has 1 fully saturated rings. The molecule has 0 bridgehead atoms. The van der Waals surface area contributed by atoms with Gasteiger partial charge in [-0.15, -0.1) is 0 Å². The zero-order valence-corrected chi connectivity index (χ0v) is 17.8. The summed E-state index contributed by atoms with van der Waals surface area (Å²) in [6.07, 6.45) is 2.48. The summed E-state index contributed by atoms with van der Waals surface area (Å²) in [6.45, 7) is 3.35. The number of carbonyl (C=O) groups is 1. The van der Waals surface area contributed by atoms with Crippen molar-refractivity contribution in [2.24, 2.45) is 7.05 Å². The molecule has 160 valence electrons. The maximum Gasteiger partial charge on any atom is 0.255 e. The van der Waals surface area contributed by atoms with Gasteiger partial charge in [0.15, 0.2) is 5.65 Å². The average molecular weight is 442 g/mol. The van der Waals surface area contributed by atoms with Gasteiger partial charge in [-0.2, -0.15) is 5.10 Å². The number of alkyl halides is 1. The third-order valence-electron chi connectivity index (χ3n) is 5.50. The molecule has 5 rings (SSSR count). The van der Waals surface area contributed by atoms with Crippen molar-refractivity contribution in [2.45, 2.75) is 19.1 Å². The predicted molar refractivity (Wildman–Crippen MR) is 117 cm³/mol. The van der Waals surface area contributed by atoms with Crippen LogP contribution in [-0.4, -0.2) is 67.4 Å². The Morgan fingerprint density at radius 3 is 3.00 bits per heavy atom. The monoisotopic (exact) mass is 441 g/mol. The molecule has 1 aliphatic heterocycles. The fourth-order valence-corrected chi connectivity index (χ4v) is 4.16. The maximum atomic E-state index is 13.0. The molecular formula is C21H21ClFN7O. The van der Waals surface area contributed by atoms with Crippen LogP contribution in [0.5, 0.6) is 0 Å². The van der Waals surface area contributed by atoms with E-state index >= 15 is 0 Å². The fourth-order valence-electron chi connectivity index (χ4n) is 3.99. The minimum Gasteiger partial charge on any atom is -0.348 e. The molecule has 4 heterocycles. The Kier molecular flexibility index (Phi) is 4.86. The highest BCUT2D eigenvalue weighted by atomic mass is 35.5. The first-order valence-electron chi connectivity index (χ1n) is 10.0. The van der Waals surface area contributed by atoms with Gasteiger partial charge >= 0.3 is 0 Å². The summed E-state index contributed by atoms with van der Waals surface area (Å²) in [6, 6.07) is 5.43. The molecule has 0 radical (unpaired) electrons. The van der Waals surface area contributed by atoms with Gasteiger partial charge in [-0.05, 0) is 25.1 Å². The Morgan fingerprint density at radius 2 is 2.23 bits per heavy atom. The molecule has 4 aromatic rings. The molecule has 10 heteroatoms. The van der Waals surface area contributed by atoms with E-state index in [4.69, 9.17) is 16.6 Å². The second kappa shape index (κ2) is 7.58. The van der Waals surface area contributed by atoms with E-state index in [1.165, 1.54) is 0 Å². The third-order valence-corrected chi connectivity index (χ3v) is 5.74. The highest BCUT2D eigenvalue weighted by molar-refractivity contribution is 6.31. The van der Waals surface area contributed by atoms with Gasteiger partial charge in [0.2, 0.25) is 0 Å². The van der Waals surface area contributed by atoms with E-state index in [1.54, 1.807) is 23.1 Å². The summed E-state index contributed by atoms with van der Waals surface area (Å²) in [5, 5.41) is 9.07. The molecule has 1 aliphatic rings. The van der Waals surface area contributed by atoms with Crippen LogP contribution in [0.2, 0.25) is 5.02 Å². The second-order valence-electron chi connectivity index (χ2n) is 7.98. The Morgan fingerprint density at radius 1 is 1.42 bits per heavy atom. The molecule has 0 saturated carbocycles. The lowest BCUT2D eigenvalue weighted by Crippen LogP contribution is -2.53. The first-order valence-corrected chi connectivity index (χ1v) is 10.4. The number of aromatic nitrogens is 5. The van der Waals surface area contributed by atoms with Gasteiger partial charge in [-0.25, -0.2) is 14.4 Å². The van der Waals surface area contributed by atoms with Gasteiger partial charge in [0.1, 0.15) is 23.1 Å². The molecule has 1 saturated heterocycles. The lowest BCUT2D eigenvalue weighted by atomic mass is 10.1. The quantitative estimate of drug-likeness (QED) is 0.497. The number of fused-ring (bicyclic) bond motifs is 2. The minimum absolute atomic E-state index is 0.120. The number of halogens is 2. The number of rotatable bonds is 5. The number of amides is 1. The number of nitrogens with zero attached hydrogens (tertiary/aromatic N) is 5. The van der Waals surface area contributed by atoms with Crippen LogP contribution < -0.4 is 5.32 Å². The first kappa shape index (κ1) is 19.9. The summed E-state index contributed by atoms with van der Waals surface area (Å²) in [5.74, 6) is -0.250. The predicted octanol–water partition coefficient (Wildman–Crippen LogP) is 2.94. The normalized spacial score (nSPS) is 16.0. The third kappa shape index (κ3) is 3.64. The van der Waals surface area contributed by atoms with Gasteiger partial charge in [-0.1, -0.05) is 11.6 Å². The standard InChI is InChI=1S/C21H21ClFN7O/c1-11(8-30-9-13(23)10-30)26-21(31)15-6-24-20-19(15)27-16(7-25-20)18-14-4-3-12(22)5-17(14)29(2)28-18/h3-7,11,13H,8-10H2,1-2H3,(H,24,25)(H,26,31)/t11-/m1/s1. The highest BCUT2D eigenvalue weighted by Crippen LogP contribution is 2.29. The number of nitrogens with one attached hydrogen (secondary N) is 2. The van der Waals surface area contributed by atoms with Crippen molar-refractivity contribution in [1.29, 1.82) is 0 Å². The molecule has 0 unspecified atom stereocenters. The van der Waals surface area contributed by atoms with Crippen molar-refractivity contribution in [3.63, 3.8) is 0 Å². The summed E-state index contributed by atoms with van der Waals surface area (Å²) in [4.78, 5) is 27.0. The Bertz CT molecular complexity index is 1290. The SMILES string of the molecule is C[C@H](CN1CC(F)C1)NC(=O)c1c[nH]c2ncc(-c3nn(C)c4cc(Cl)ccc34)nc12. The number of hydrogen-bond donors (Lipinski definition) is 2. The van der Waals surface area contributed by atoms with Crippen molar-refractivity contribution < 1.29 is 9.18 Å². The summed E-state index contributed by atoms with van der Waals surface area (Å²) < 4.78 is 14.8. The minimum atomic E-state index is -0.760. The average Bonchev–Trinajstić information content (AvgIpc) is 3.27. The summed E-state index contributed by atoms with van der Waals surface area (Å²) in [7, 11) is 1.84. The number of aromatic amines is 1. The van der Waals surface area contributed by atoms with E-state index in [-0.39, 0.29) is 11.9 Å². The van der Waals surface area contributed by atoms with Gasteiger partial charge in [0, 0.05) is 49.3 Å². The van der Waals surface area contributed by atoms with E-state index in [0.717, 1.165) is 10.9 Å². The number of aryl methyl sites for hydroxylation is 1. The molecule has 2 N–H and O–H groups in total. The summed E-state index contributed by atoms with van der Waals surface area (Å²) in [5.41, 5.74) is 3.52. The largest absolute Gasteiger partial charge is 0.348 e. The molecule has 1 atom stereocenters. The van der Waals surface area contributed by atoms with Crippen molar-refractivity contribution in [3.05, 3.63) is 41.2 Å². The van der Waals surface area contributed by atoms with Crippen LogP contribution in [0.1, 0.15) is 17.3 Å². The van der Waals surface area contributed by atoms with Crippen molar-refractivity contribution >= 4 is 39.6 Å². The summed E-state index contributed by atoms with van der Waals surface area (Å²) >= 11 is 6.12. The van der Waals surface area contributed by atoms with Crippen LogP contribution in [0.15, 0.2) is 30.6 Å². The van der Waals surface area contributed by atoms with Gasteiger partial charge in [0.05, 0.1) is 17.3 Å². The smallest absolute Gasteiger partial charge is 0.255 e. The van der Waals surface area contributed by atoms with Crippen LogP contribution in [-0.2, 0) is 7.05 Å². The number of likely N-dealkylation sites (tertiary alicyclic amines) is 1. The first-order chi connectivity index (χ1) is 14.9. The van der Waals surface area contributed by atoms with Gasteiger partial charge < -0.3 is 10.3 Å². The number of carbonyl (C=O) groups excluding carboxylic acids is 1. The molecule has 1 aromatic carbocycles. The van der Waals surface area contributed by atoms with Gasteiger partial charge in [0.25, 0.3) is 5.91 Å². The van der Waals surface area contributed by atoms with Gasteiger partial charge in [-0.3, -0.25) is 14.4 Å². The van der Waals surface area contributed by atoms with Crippen molar-refractivity contribution in [1.82, 2.24) is 34.9 Å². The van der Waals surface area contributed by atoms with Crippen LogP contribution in [0, 0.1) is 0 Å². The second-order valence-corrected chi connectivity index (χ2v) is 8.42. The van der Waals surface area contributed by atoms with Crippen LogP contribution in [0.3, 0.4) is 0 Å². The molecular weight excluding hydrogens is 421 g/mol. The zero-order valence-electron chi connectivity index (χ0n) is 17.1. The lowest BCUT2D eigenvalue weighted by molar-refractivity contribution is 0.0571. The van der Waals surface area contributed by atoms with E-state index in [1.807, 2.05) is 31.0 Å². The highest BCUT2D eigenvalue weighted by Gasteiger charge is 2.28. The molecule has 0 spiro atoms. The Balaban J connectivity index is 1.44. The lowest BCUT2D eigenvalue weighted by Gasteiger charge is -2.36. The topological polar surface area (TPSA) is 91.7 Å². The number of hydrogen-bond acceptors (Lipinski definition) is 5. The Hall–Kier alpha value is -3.04. The molecule has 0 aliphatic carbocycles. The van der Waals surface area contributed by atoms with Crippen molar-refractivity contribution in [3.8, 4) is 11.4 Å². The maximum absolute atomic E-state index is 13.0. The van der Waals surface area contributed by atoms with Crippen molar-refractivity contribution in [2.75, 3.05) is 19.6 Å². The molecule has 8 nitrogen and oxygen atoms in total.